The zero-order chi connectivity index (χ0) is 12.5. The van der Waals surface area contributed by atoms with E-state index in [0.717, 1.165) is 32.4 Å². The fraction of sp³-hybridized carbons (Fsp3) is 0.833. The van der Waals surface area contributed by atoms with Gasteiger partial charge in [-0.05, 0) is 32.6 Å². The van der Waals surface area contributed by atoms with Crippen molar-refractivity contribution in [2.24, 2.45) is 5.41 Å². The molecule has 1 N–H and O–H groups in total. The maximum Gasteiger partial charge on any atom is 0.320 e. The Balaban J connectivity index is 2.01. The van der Waals surface area contributed by atoms with Crippen molar-refractivity contribution in [2.45, 2.75) is 32.6 Å². The van der Waals surface area contributed by atoms with Crippen molar-refractivity contribution >= 4 is 12.0 Å². The average Bonchev–Trinajstić information content (AvgIpc) is 2.81. The Morgan fingerprint density at radius 2 is 1.65 bits per heavy atom. The molecular formula is C12H20N2O3. The minimum absolute atomic E-state index is 0.0228. The number of aliphatic carboxylic acids is 1. The molecule has 0 spiro atoms. The largest absolute Gasteiger partial charge is 0.481 e. The molecule has 0 saturated carbocycles. The van der Waals surface area contributed by atoms with Crippen molar-refractivity contribution in [2.75, 3.05) is 26.2 Å². The predicted octanol–water partition coefficient (Wildman–Crippen LogP) is 1.39. The minimum Gasteiger partial charge on any atom is -0.481 e. The van der Waals surface area contributed by atoms with Crippen LogP contribution in [-0.2, 0) is 4.79 Å². The standard InChI is InChI=1S/C12H20N2O3/c1-12(10(15)16)5-4-8-14(9-12)11(17)13-6-2-3-7-13/h2-9H2,1H3,(H,15,16). The molecule has 2 aliphatic rings. The number of hydrogen-bond donors (Lipinski definition) is 1. The lowest BCUT2D eigenvalue weighted by Gasteiger charge is -2.39. The van der Waals surface area contributed by atoms with Gasteiger partial charge < -0.3 is 14.9 Å². The second-order valence-electron chi connectivity index (χ2n) is 5.37. The van der Waals surface area contributed by atoms with Gasteiger partial charge in [0.15, 0.2) is 0 Å². The van der Waals surface area contributed by atoms with E-state index in [0.29, 0.717) is 19.5 Å². The van der Waals surface area contributed by atoms with Crippen molar-refractivity contribution in [1.82, 2.24) is 9.80 Å². The summed E-state index contributed by atoms with van der Waals surface area (Å²) in [6.45, 7) is 4.41. The topological polar surface area (TPSA) is 60.9 Å². The molecule has 0 bridgehead atoms. The fourth-order valence-electron chi connectivity index (χ4n) is 2.69. The summed E-state index contributed by atoms with van der Waals surface area (Å²) in [5, 5.41) is 9.21. The number of carboxylic acids is 1. The minimum atomic E-state index is -0.795. The molecule has 2 rings (SSSR count). The lowest BCUT2D eigenvalue weighted by atomic mass is 9.82. The van der Waals surface area contributed by atoms with Crippen LogP contribution < -0.4 is 0 Å². The summed E-state index contributed by atoms with van der Waals surface area (Å²) in [5.74, 6) is -0.795. The third kappa shape index (κ3) is 2.37. The van der Waals surface area contributed by atoms with E-state index >= 15 is 0 Å². The Kier molecular flexibility index (Phi) is 3.26. The molecule has 2 saturated heterocycles. The van der Waals surface area contributed by atoms with Crippen LogP contribution in [0.25, 0.3) is 0 Å². The van der Waals surface area contributed by atoms with Gasteiger partial charge in [-0.2, -0.15) is 0 Å². The van der Waals surface area contributed by atoms with Crippen molar-refractivity contribution in [1.29, 1.82) is 0 Å². The van der Waals surface area contributed by atoms with E-state index in [1.807, 2.05) is 4.90 Å². The number of rotatable bonds is 1. The average molecular weight is 240 g/mol. The van der Waals surface area contributed by atoms with E-state index < -0.39 is 11.4 Å². The van der Waals surface area contributed by atoms with Gasteiger partial charge in [-0.3, -0.25) is 4.79 Å². The maximum absolute atomic E-state index is 12.2. The van der Waals surface area contributed by atoms with Crippen molar-refractivity contribution in [3.63, 3.8) is 0 Å². The Hall–Kier alpha value is -1.26. The lowest BCUT2D eigenvalue weighted by Crippen LogP contribution is -2.52. The van der Waals surface area contributed by atoms with Gasteiger partial charge in [0.05, 0.1) is 5.41 Å². The van der Waals surface area contributed by atoms with E-state index in [4.69, 9.17) is 0 Å². The van der Waals surface area contributed by atoms with Crippen molar-refractivity contribution in [3.8, 4) is 0 Å². The smallest absolute Gasteiger partial charge is 0.320 e. The van der Waals surface area contributed by atoms with Crippen LogP contribution in [0.1, 0.15) is 32.6 Å². The molecule has 2 amide bonds. The molecule has 0 aromatic rings. The Morgan fingerprint density at radius 3 is 2.24 bits per heavy atom. The Morgan fingerprint density at radius 1 is 1.06 bits per heavy atom. The zero-order valence-corrected chi connectivity index (χ0v) is 10.3. The molecule has 5 nitrogen and oxygen atoms in total. The number of carbonyl (C=O) groups is 2. The molecule has 5 heteroatoms. The summed E-state index contributed by atoms with van der Waals surface area (Å²) in [6, 6.07) is 0.0228. The highest BCUT2D eigenvalue weighted by Gasteiger charge is 2.40. The number of piperidine rings is 1. The summed E-state index contributed by atoms with van der Waals surface area (Å²) in [7, 11) is 0. The van der Waals surface area contributed by atoms with Gasteiger partial charge in [0.25, 0.3) is 0 Å². The second kappa shape index (κ2) is 4.55. The molecule has 2 heterocycles. The van der Waals surface area contributed by atoms with Gasteiger partial charge in [-0.1, -0.05) is 0 Å². The second-order valence-corrected chi connectivity index (χ2v) is 5.37. The zero-order valence-electron chi connectivity index (χ0n) is 10.3. The fourth-order valence-corrected chi connectivity index (χ4v) is 2.69. The molecule has 0 aliphatic carbocycles. The van der Waals surface area contributed by atoms with Crippen LogP contribution in [0.5, 0.6) is 0 Å². The van der Waals surface area contributed by atoms with Crippen molar-refractivity contribution in [3.05, 3.63) is 0 Å². The SMILES string of the molecule is CC1(C(=O)O)CCCN(C(=O)N2CCCC2)C1. The first-order chi connectivity index (χ1) is 8.03. The first-order valence-electron chi connectivity index (χ1n) is 6.30. The monoisotopic (exact) mass is 240 g/mol. The molecule has 2 fully saturated rings. The van der Waals surface area contributed by atoms with Crippen molar-refractivity contribution < 1.29 is 14.7 Å². The number of likely N-dealkylation sites (tertiary alicyclic amines) is 2. The highest BCUT2D eigenvalue weighted by atomic mass is 16.4. The molecule has 1 unspecified atom stereocenters. The van der Waals surface area contributed by atoms with Gasteiger partial charge in [0.2, 0.25) is 0 Å². The van der Waals surface area contributed by atoms with Crippen LogP contribution in [0.2, 0.25) is 0 Å². The lowest BCUT2D eigenvalue weighted by molar-refractivity contribution is -0.150. The summed E-state index contributed by atoms with van der Waals surface area (Å²) < 4.78 is 0. The predicted molar refractivity (Wildman–Crippen MR) is 62.8 cm³/mol. The van der Waals surface area contributed by atoms with Crippen LogP contribution in [0.4, 0.5) is 4.79 Å². The third-order valence-corrected chi connectivity index (χ3v) is 3.86. The molecule has 0 aromatic heterocycles. The summed E-state index contributed by atoms with van der Waals surface area (Å²) in [4.78, 5) is 26.9. The molecular weight excluding hydrogens is 220 g/mol. The maximum atomic E-state index is 12.2. The molecule has 2 aliphatic heterocycles. The Labute approximate surface area is 101 Å². The van der Waals surface area contributed by atoms with Gasteiger partial charge >= 0.3 is 12.0 Å². The van der Waals surface area contributed by atoms with Gasteiger partial charge in [0.1, 0.15) is 0 Å². The molecule has 1 atom stereocenters. The number of nitrogens with zero attached hydrogens (tertiary/aromatic N) is 2. The van der Waals surface area contributed by atoms with E-state index in [2.05, 4.69) is 0 Å². The number of carbonyl (C=O) groups excluding carboxylic acids is 1. The van der Waals surface area contributed by atoms with Gasteiger partial charge in [0, 0.05) is 26.2 Å². The van der Waals surface area contributed by atoms with E-state index in [9.17, 15) is 14.7 Å². The number of carboxylic acid groups (broad SMARTS) is 1. The Bertz CT molecular complexity index is 326. The normalized spacial score (nSPS) is 29.5. The number of amides is 2. The quantitative estimate of drug-likeness (QED) is 0.753. The summed E-state index contributed by atoms with van der Waals surface area (Å²) in [6.07, 6.45) is 3.57. The first-order valence-corrected chi connectivity index (χ1v) is 6.30. The van der Waals surface area contributed by atoms with Crippen LogP contribution in [0.3, 0.4) is 0 Å². The molecule has 0 radical (unpaired) electrons. The van der Waals surface area contributed by atoms with Crippen LogP contribution in [0.15, 0.2) is 0 Å². The summed E-state index contributed by atoms with van der Waals surface area (Å²) >= 11 is 0. The molecule has 96 valence electrons. The highest BCUT2D eigenvalue weighted by Crippen LogP contribution is 2.30. The summed E-state index contributed by atoms with van der Waals surface area (Å²) in [5.41, 5.74) is -0.770. The third-order valence-electron chi connectivity index (χ3n) is 3.86. The molecule has 17 heavy (non-hydrogen) atoms. The number of urea groups is 1. The van der Waals surface area contributed by atoms with Gasteiger partial charge in [-0.25, -0.2) is 4.79 Å². The molecule has 0 aromatic carbocycles. The van der Waals surface area contributed by atoms with Gasteiger partial charge in [-0.15, -0.1) is 0 Å². The van der Waals surface area contributed by atoms with E-state index in [1.54, 1.807) is 11.8 Å². The number of hydrogen-bond acceptors (Lipinski definition) is 2. The van der Waals surface area contributed by atoms with E-state index in [1.165, 1.54) is 0 Å². The van der Waals surface area contributed by atoms with Crippen LogP contribution in [-0.4, -0.2) is 53.1 Å². The highest BCUT2D eigenvalue weighted by molar-refractivity contribution is 5.78. The van der Waals surface area contributed by atoms with E-state index in [-0.39, 0.29) is 6.03 Å². The van der Waals surface area contributed by atoms with Crippen LogP contribution in [0, 0.1) is 5.41 Å². The van der Waals surface area contributed by atoms with Crippen LogP contribution >= 0.6 is 0 Å². The first kappa shape index (κ1) is 12.2.